The molecule has 0 radical (unpaired) electrons. The lowest BCUT2D eigenvalue weighted by Gasteiger charge is -2.32. The van der Waals surface area contributed by atoms with Crippen molar-refractivity contribution in [2.75, 3.05) is 6.54 Å². The van der Waals surface area contributed by atoms with Crippen molar-refractivity contribution in [3.63, 3.8) is 0 Å². The molecule has 35 heavy (non-hydrogen) atoms. The van der Waals surface area contributed by atoms with E-state index < -0.39 is 6.04 Å². The third-order valence-electron chi connectivity index (χ3n) is 6.10. The fourth-order valence-electron chi connectivity index (χ4n) is 4.04. The summed E-state index contributed by atoms with van der Waals surface area (Å²) in [4.78, 5) is 29.1. The maximum atomic E-state index is 13.9. The number of carbonyl (C=O) groups is 2. The number of rotatable bonds is 10. The molecular weight excluding hydrogens is 456 g/mol. The quantitative estimate of drug-likeness (QED) is 0.384. The molecule has 0 heterocycles. The van der Waals surface area contributed by atoms with E-state index in [2.05, 4.69) is 19.2 Å². The van der Waals surface area contributed by atoms with Crippen LogP contribution >= 0.6 is 11.6 Å². The Morgan fingerprint density at radius 3 is 2.29 bits per heavy atom. The molecule has 0 bridgehead atoms. The van der Waals surface area contributed by atoms with Crippen LogP contribution in [0, 0.1) is 19.8 Å². The summed E-state index contributed by atoms with van der Waals surface area (Å²) in [5, 5.41) is 3.64. The van der Waals surface area contributed by atoms with Gasteiger partial charge in [-0.25, -0.2) is 0 Å². The summed E-state index contributed by atoms with van der Waals surface area (Å²) in [5.74, 6) is 0.0576. The minimum Gasteiger partial charge on any atom is -0.354 e. The largest absolute Gasteiger partial charge is 0.354 e. The molecule has 0 spiro atoms. The molecule has 3 aromatic carbocycles. The molecule has 0 aliphatic heterocycles. The molecule has 0 saturated carbocycles. The summed E-state index contributed by atoms with van der Waals surface area (Å²) in [7, 11) is 0. The second-order valence-corrected chi connectivity index (χ2v) is 9.97. The summed E-state index contributed by atoms with van der Waals surface area (Å²) in [5.41, 5.74) is 4.95. The van der Waals surface area contributed by atoms with Crippen LogP contribution in [0.1, 0.15) is 41.7 Å². The second kappa shape index (κ2) is 12.6. The van der Waals surface area contributed by atoms with Gasteiger partial charge in [0.25, 0.3) is 0 Å². The molecule has 3 aromatic rings. The molecule has 0 fully saturated rings. The molecule has 0 aliphatic rings. The van der Waals surface area contributed by atoms with E-state index in [0.29, 0.717) is 23.9 Å². The van der Waals surface area contributed by atoms with E-state index in [1.54, 1.807) is 4.90 Å². The first-order valence-corrected chi connectivity index (χ1v) is 12.5. The second-order valence-electron chi connectivity index (χ2n) is 9.56. The van der Waals surface area contributed by atoms with Crippen LogP contribution in [-0.2, 0) is 29.0 Å². The zero-order valence-electron chi connectivity index (χ0n) is 21.1. The van der Waals surface area contributed by atoms with E-state index in [9.17, 15) is 9.59 Å². The highest BCUT2D eigenvalue weighted by molar-refractivity contribution is 6.31. The first kappa shape index (κ1) is 26.5. The van der Waals surface area contributed by atoms with Gasteiger partial charge in [0.15, 0.2) is 0 Å². The van der Waals surface area contributed by atoms with Gasteiger partial charge in [0.2, 0.25) is 11.8 Å². The van der Waals surface area contributed by atoms with Crippen molar-refractivity contribution < 1.29 is 9.59 Å². The van der Waals surface area contributed by atoms with Crippen molar-refractivity contribution >= 4 is 23.4 Å². The van der Waals surface area contributed by atoms with Gasteiger partial charge in [-0.2, -0.15) is 0 Å². The average molecular weight is 491 g/mol. The summed E-state index contributed by atoms with van der Waals surface area (Å²) in [6, 6.07) is 22.8. The van der Waals surface area contributed by atoms with Crippen molar-refractivity contribution in [1.29, 1.82) is 0 Å². The van der Waals surface area contributed by atoms with Crippen LogP contribution in [0.15, 0.2) is 72.8 Å². The van der Waals surface area contributed by atoms with Crippen LogP contribution < -0.4 is 5.32 Å². The molecule has 0 aliphatic carbocycles. The average Bonchev–Trinajstić information content (AvgIpc) is 2.83. The summed E-state index contributed by atoms with van der Waals surface area (Å²) in [6.45, 7) is 8.95. The van der Waals surface area contributed by atoms with Crippen molar-refractivity contribution in [2.45, 2.75) is 53.1 Å². The van der Waals surface area contributed by atoms with Crippen molar-refractivity contribution in [3.05, 3.63) is 106 Å². The lowest BCUT2D eigenvalue weighted by atomic mass is 9.99. The summed E-state index contributed by atoms with van der Waals surface area (Å²) < 4.78 is 0. The van der Waals surface area contributed by atoms with Crippen LogP contribution in [0.3, 0.4) is 0 Å². The Kier molecular flexibility index (Phi) is 9.50. The molecule has 1 N–H and O–H groups in total. The fourth-order valence-corrected chi connectivity index (χ4v) is 4.24. The number of hydrogen-bond donors (Lipinski definition) is 1. The van der Waals surface area contributed by atoms with Gasteiger partial charge in [0, 0.05) is 24.5 Å². The molecular formula is C30H35ClN2O2. The molecule has 4 nitrogen and oxygen atoms in total. The van der Waals surface area contributed by atoms with Gasteiger partial charge in [-0.05, 0) is 48.1 Å². The first-order valence-electron chi connectivity index (χ1n) is 12.1. The SMILES string of the molecule is Cc1ccc(C)c(CC(=O)N(Cc2ccccc2Cl)C(Cc2ccccc2)C(=O)NCC(C)C)c1. The number of aryl methyl sites for hydroxylation is 2. The van der Waals surface area contributed by atoms with Gasteiger partial charge in [0.1, 0.15) is 6.04 Å². The lowest BCUT2D eigenvalue weighted by molar-refractivity contribution is -0.140. The highest BCUT2D eigenvalue weighted by atomic mass is 35.5. The maximum Gasteiger partial charge on any atom is 0.243 e. The van der Waals surface area contributed by atoms with E-state index in [0.717, 1.165) is 27.8 Å². The smallest absolute Gasteiger partial charge is 0.243 e. The van der Waals surface area contributed by atoms with Crippen LogP contribution in [0.25, 0.3) is 0 Å². The maximum absolute atomic E-state index is 13.9. The van der Waals surface area contributed by atoms with Crippen LogP contribution in [-0.4, -0.2) is 29.3 Å². The van der Waals surface area contributed by atoms with Gasteiger partial charge in [-0.15, -0.1) is 0 Å². The normalized spacial score (nSPS) is 11.8. The number of amides is 2. The minimum absolute atomic E-state index is 0.0979. The minimum atomic E-state index is -0.662. The number of hydrogen-bond acceptors (Lipinski definition) is 2. The molecule has 5 heteroatoms. The molecule has 0 aromatic heterocycles. The monoisotopic (exact) mass is 490 g/mol. The van der Waals surface area contributed by atoms with Crippen LogP contribution in [0.5, 0.6) is 0 Å². The van der Waals surface area contributed by atoms with Crippen LogP contribution in [0.2, 0.25) is 5.02 Å². The van der Waals surface area contributed by atoms with Crippen molar-refractivity contribution in [1.82, 2.24) is 10.2 Å². The van der Waals surface area contributed by atoms with Gasteiger partial charge >= 0.3 is 0 Å². The molecule has 1 unspecified atom stereocenters. The van der Waals surface area contributed by atoms with Gasteiger partial charge in [-0.3, -0.25) is 9.59 Å². The first-order chi connectivity index (χ1) is 16.7. The van der Waals surface area contributed by atoms with E-state index in [1.807, 2.05) is 86.6 Å². The number of benzene rings is 3. The Bertz CT molecular complexity index is 1140. The molecule has 1 atom stereocenters. The van der Waals surface area contributed by atoms with Gasteiger partial charge in [-0.1, -0.05) is 97.7 Å². The fraction of sp³-hybridized carbons (Fsp3) is 0.333. The third-order valence-corrected chi connectivity index (χ3v) is 6.47. The van der Waals surface area contributed by atoms with Gasteiger partial charge in [0.05, 0.1) is 6.42 Å². The predicted molar refractivity (Wildman–Crippen MR) is 143 cm³/mol. The summed E-state index contributed by atoms with van der Waals surface area (Å²) in [6.07, 6.45) is 0.647. The Morgan fingerprint density at radius 1 is 0.914 bits per heavy atom. The number of nitrogens with zero attached hydrogens (tertiary/aromatic N) is 1. The topological polar surface area (TPSA) is 49.4 Å². The number of nitrogens with one attached hydrogen (secondary N) is 1. The number of halogens is 1. The van der Waals surface area contributed by atoms with E-state index >= 15 is 0 Å². The zero-order chi connectivity index (χ0) is 25.4. The Hall–Kier alpha value is -3.11. The molecule has 2 amide bonds. The third kappa shape index (κ3) is 7.69. The highest BCUT2D eigenvalue weighted by Crippen LogP contribution is 2.22. The predicted octanol–water partition coefficient (Wildman–Crippen LogP) is 5.91. The van der Waals surface area contributed by atoms with Crippen molar-refractivity contribution in [3.8, 4) is 0 Å². The molecule has 0 saturated heterocycles. The van der Waals surface area contributed by atoms with E-state index in [-0.39, 0.29) is 24.8 Å². The molecule has 184 valence electrons. The van der Waals surface area contributed by atoms with E-state index in [4.69, 9.17) is 11.6 Å². The van der Waals surface area contributed by atoms with E-state index in [1.165, 1.54) is 0 Å². The summed E-state index contributed by atoms with van der Waals surface area (Å²) >= 11 is 6.49. The lowest BCUT2D eigenvalue weighted by Crippen LogP contribution is -2.51. The Balaban J connectivity index is 2.00. The Morgan fingerprint density at radius 2 is 1.60 bits per heavy atom. The molecule has 3 rings (SSSR count). The van der Waals surface area contributed by atoms with Crippen LogP contribution in [0.4, 0.5) is 0 Å². The zero-order valence-corrected chi connectivity index (χ0v) is 21.8. The standard InChI is InChI=1S/C30H35ClN2O2/c1-21(2)19-32-30(35)28(17-24-10-6-5-7-11-24)33(20-25-12-8-9-13-27(25)31)29(34)18-26-16-22(3)14-15-23(26)4/h5-16,21,28H,17-20H2,1-4H3,(H,32,35). The van der Waals surface area contributed by atoms with Gasteiger partial charge < -0.3 is 10.2 Å². The highest BCUT2D eigenvalue weighted by Gasteiger charge is 2.31. The Labute approximate surface area is 214 Å². The number of carbonyl (C=O) groups excluding carboxylic acids is 2. The van der Waals surface area contributed by atoms with Crippen molar-refractivity contribution in [2.24, 2.45) is 5.92 Å².